The first kappa shape index (κ1) is 8.62. The molecule has 1 aliphatic heterocycles. The zero-order valence-electron chi connectivity index (χ0n) is 7.22. The molecule has 0 radical (unpaired) electrons. The number of pyridine rings is 1. The third-order valence-corrected chi connectivity index (χ3v) is 1.99. The van der Waals surface area contributed by atoms with Gasteiger partial charge in [0.05, 0.1) is 12.7 Å². The maximum Gasteiger partial charge on any atom is 0.184 e. The number of hydrogen-bond acceptors (Lipinski definition) is 4. The van der Waals surface area contributed by atoms with Gasteiger partial charge in [-0.25, -0.2) is 0 Å². The number of ether oxygens (including phenoxy) is 2. The Bertz CT molecular complexity index is 266. The smallest absolute Gasteiger partial charge is 0.184 e. The van der Waals surface area contributed by atoms with Crippen LogP contribution in [0.5, 0.6) is 0 Å². The molecule has 2 heterocycles. The van der Waals surface area contributed by atoms with Crippen molar-refractivity contribution in [2.24, 2.45) is 5.73 Å². The molecule has 1 aromatic heterocycles. The summed E-state index contributed by atoms with van der Waals surface area (Å²) < 4.78 is 10.9. The Balaban J connectivity index is 2.04. The molecule has 1 saturated heterocycles. The van der Waals surface area contributed by atoms with Crippen LogP contribution < -0.4 is 5.73 Å². The van der Waals surface area contributed by atoms with Gasteiger partial charge >= 0.3 is 0 Å². The first-order valence-corrected chi connectivity index (χ1v) is 4.27. The van der Waals surface area contributed by atoms with Crippen molar-refractivity contribution < 1.29 is 9.47 Å². The second kappa shape index (κ2) is 3.83. The van der Waals surface area contributed by atoms with Crippen molar-refractivity contribution in [1.82, 2.24) is 4.98 Å². The SMILES string of the molecule is NCC1COC(c2ccncc2)O1. The van der Waals surface area contributed by atoms with Gasteiger partial charge in [-0.1, -0.05) is 0 Å². The predicted molar refractivity (Wildman–Crippen MR) is 46.9 cm³/mol. The van der Waals surface area contributed by atoms with E-state index in [1.807, 2.05) is 12.1 Å². The van der Waals surface area contributed by atoms with E-state index >= 15 is 0 Å². The maximum absolute atomic E-state index is 5.52. The summed E-state index contributed by atoms with van der Waals surface area (Å²) in [5.74, 6) is 0. The summed E-state index contributed by atoms with van der Waals surface area (Å²) in [4.78, 5) is 3.92. The highest BCUT2D eigenvalue weighted by Crippen LogP contribution is 2.25. The molecule has 0 aromatic carbocycles. The van der Waals surface area contributed by atoms with E-state index in [0.29, 0.717) is 13.2 Å². The molecule has 1 aliphatic rings. The van der Waals surface area contributed by atoms with Crippen molar-refractivity contribution in [3.05, 3.63) is 30.1 Å². The monoisotopic (exact) mass is 180 g/mol. The Morgan fingerprint density at radius 1 is 1.46 bits per heavy atom. The van der Waals surface area contributed by atoms with Crippen LogP contribution in [0.2, 0.25) is 0 Å². The fourth-order valence-corrected chi connectivity index (χ4v) is 1.27. The first-order chi connectivity index (χ1) is 6.40. The molecule has 4 heteroatoms. The molecule has 1 fully saturated rings. The number of hydrogen-bond donors (Lipinski definition) is 1. The van der Waals surface area contributed by atoms with Crippen molar-refractivity contribution in [1.29, 1.82) is 0 Å². The molecular formula is C9H12N2O2. The van der Waals surface area contributed by atoms with Gasteiger partial charge in [0, 0.05) is 24.5 Å². The van der Waals surface area contributed by atoms with E-state index in [-0.39, 0.29) is 12.4 Å². The molecular weight excluding hydrogens is 168 g/mol. The minimum Gasteiger partial charge on any atom is -0.346 e. The van der Waals surface area contributed by atoms with Gasteiger partial charge < -0.3 is 15.2 Å². The lowest BCUT2D eigenvalue weighted by atomic mass is 10.3. The summed E-state index contributed by atoms with van der Waals surface area (Å²) in [6, 6.07) is 3.76. The van der Waals surface area contributed by atoms with Crippen molar-refractivity contribution in [3.8, 4) is 0 Å². The minimum atomic E-state index is -0.267. The molecule has 70 valence electrons. The van der Waals surface area contributed by atoms with Crippen molar-refractivity contribution in [2.75, 3.05) is 13.2 Å². The van der Waals surface area contributed by atoms with E-state index in [2.05, 4.69) is 4.98 Å². The van der Waals surface area contributed by atoms with Crippen molar-refractivity contribution in [3.63, 3.8) is 0 Å². The summed E-state index contributed by atoms with van der Waals surface area (Å²) in [5.41, 5.74) is 6.45. The summed E-state index contributed by atoms with van der Waals surface area (Å²) in [7, 11) is 0. The van der Waals surface area contributed by atoms with Gasteiger partial charge in [-0.3, -0.25) is 4.98 Å². The van der Waals surface area contributed by atoms with Gasteiger partial charge in [0.15, 0.2) is 6.29 Å². The largest absolute Gasteiger partial charge is 0.346 e. The number of nitrogens with zero attached hydrogens (tertiary/aromatic N) is 1. The molecule has 2 unspecified atom stereocenters. The average Bonchev–Trinajstić information content (AvgIpc) is 2.67. The standard InChI is InChI=1S/C9H12N2O2/c10-5-8-6-12-9(13-8)7-1-3-11-4-2-7/h1-4,8-9H,5-6,10H2. The number of rotatable bonds is 2. The fourth-order valence-electron chi connectivity index (χ4n) is 1.27. The topological polar surface area (TPSA) is 57.4 Å². The van der Waals surface area contributed by atoms with E-state index < -0.39 is 0 Å². The molecule has 2 N–H and O–H groups in total. The van der Waals surface area contributed by atoms with Gasteiger partial charge in [-0.2, -0.15) is 0 Å². The van der Waals surface area contributed by atoms with Crippen LogP contribution >= 0.6 is 0 Å². The quantitative estimate of drug-likeness (QED) is 0.718. The van der Waals surface area contributed by atoms with Gasteiger partial charge in [-0.05, 0) is 12.1 Å². The van der Waals surface area contributed by atoms with Crippen LogP contribution in [0.25, 0.3) is 0 Å². The highest BCUT2D eigenvalue weighted by atomic mass is 16.7. The minimum absolute atomic E-state index is 0.0261. The Hall–Kier alpha value is -0.970. The first-order valence-electron chi connectivity index (χ1n) is 4.27. The second-order valence-corrected chi connectivity index (χ2v) is 2.94. The molecule has 4 nitrogen and oxygen atoms in total. The summed E-state index contributed by atoms with van der Waals surface area (Å²) in [5, 5.41) is 0. The molecule has 0 spiro atoms. The van der Waals surface area contributed by atoms with E-state index in [4.69, 9.17) is 15.2 Å². The summed E-state index contributed by atoms with van der Waals surface area (Å²) >= 11 is 0. The molecule has 13 heavy (non-hydrogen) atoms. The average molecular weight is 180 g/mol. The van der Waals surface area contributed by atoms with Crippen LogP contribution in [0.1, 0.15) is 11.9 Å². The van der Waals surface area contributed by atoms with Crippen LogP contribution in [0.3, 0.4) is 0 Å². The maximum atomic E-state index is 5.52. The Kier molecular flexibility index (Phi) is 2.54. The zero-order valence-corrected chi connectivity index (χ0v) is 7.22. The van der Waals surface area contributed by atoms with Gasteiger partial charge in [-0.15, -0.1) is 0 Å². The lowest BCUT2D eigenvalue weighted by Crippen LogP contribution is -2.21. The van der Waals surface area contributed by atoms with E-state index in [1.165, 1.54) is 0 Å². The third kappa shape index (κ3) is 1.85. The number of aromatic nitrogens is 1. The molecule has 2 atom stereocenters. The molecule has 0 saturated carbocycles. The normalized spacial score (nSPS) is 27.8. The highest BCUT2D eigenvalue weighted by Gasteiger charge is 2.25. The van der Waals surface area contributed by atoms with Gasteiger partial charge in [0.2, 0.25) is 0 Å². The van der Waals surface area contributed by atoms with Crippen LogP contribution in [0.4, 0.5) is 0 Å². The summed E-state index contributed by atoms with van der Waals surface area (Å²) in [6.45, 7) is 1.07. The van der Waals surface area contributed by atoms with E-state index in [1.54, 1.807) is 12.4 Å². The molecule has 0 aliphatic carbocycles. The second-order valence-electron chi connectivity index (χ2n) is 2.94. The van der Waals surface area contributed by atoms with E-state index in [9.17, 15) is 0 Å². The van der Waals surface area contributed by atoms with Gasteiger partial charge in [0.1, 0.15) is 0 Å². The Morgan fingerprint density at radius 2 is 2.23 bits per heavy atom. The van der Waals surface area contributed by atoms with Crippen molar-refractivity contribution in [2.45, 2.75) is 12.4 Å². The molecule has 0 bridgehead atoms. The van der Waals surface area contributed by atoms with Crippen LogP contribution in [-0.4, -0.2) is 24.2 Å². The lowest BCUT2D eigenvalue weighted by molar-refractivity contribution is -0.0585. The molecule has 0 amide bonds. The third-order valence-electron chi connectivity index (χ3n) is 1.99. The predicted octanol–water partition coefficient (Wildman–Crippen LogP) is 0.454. The van der Waals surface area contributed by atoms with Crippen LogP contribution in [0, 0.1) is 0 Å². The van der Waals surface area contributed by atoms with E-state index in [0.717, 1.165) is 5.56 Å². The summed E-state index contributed by atoms with van der Waals surface area (Å²) in [6.07, 6.45) is 3.20. The molecule has 2 rings (SSSR count). The zero-order chi connectivity index (χ0) is 9.10. The Morgan fingerprint density at radius 3 is 2.85 bits per heavy atom. The van der Waals surface area contributed by atoms with Crippen LogP contribution in [0.15, 0.2) is 24.5 Å². The van der Waals surface area contributed by atoms with Gasteiger partial charge in [0.25, 0.3) is 0 Å². The fraction of sp³-hybridized carbons (Fsp3) is 0.444. The molecule has 1 aromatic rings. The Labute approximate surface area is 76.7 Å². The van der Waals surface area contributed by atoms with Crippen molar-refractivity contribution >= 4 is 0 Å². The highest BCUT2D eigenvalue weighted by molar-refractivity contribution is 5.11. The lowest BCUT2D eigenvalue weighted by Gasteiger charge is -2.09. The van der Waals surface area contributed by atoms with Crippen LogP contribution in [-0.2, 0) is 9.47 Å². The number of nitrogens with two attached hydrogens (primary N) is 1.